The van der Waals surface area contributed by atoms with Crippen molar-refractivity contribution < 1.29 is 14.3 Å². The van der Waals surface area contributed by atoms with Crippen LogP contribution in [0.1, 0.15) is 39.5 Å². The predicted molar refractivity (Wildman–Crippen MR) is 93.6 cm³/mol. The maximum Gasteiger partial charge on any atom is 0.245 e. The third-order valence-corrected chi connectivity index (χ3v) is 5.06. The van der Waals surface area contributed by atoms with Gasteiger partial charge in [-0.1, -0.05) is 13.8 Å². The zero-order chi connectivity index (χ0) is 17.7. The first-order valence-electron chi connectivity index (χ1n) is 9.21. The van der Waals surface area contributed by atoms with E-state index in [1.165, 1.54) is 0 Å². The molecule has 0 bridgehead atoms. The van der Waals surface area contributed by atoms with E-state index in [0.29, 0.717) is 25.0 Å². The Bertz CT molecular complexity index is 433. The highest BCUT2D eigenvalue weighted by Crippen LogP contribution is 2.18. The van der Waals surface area contributed by atoms with Gasteiger partial charge in [-0.15, -0.1) is 0 Å². The Labute approximate surface area is 145 Å². The smallest absolute Gasteiger partial charge is 0.245 e. The van der Waals surface area contributed by atoms with E-state index in [4.69, 9.17) is 4.74 Å². The van der Waals surface area contributed by atoms with Crippen molar-refractivity contribution in [1.29, 1.82) is 0 Å². The molecule has 0 aromatic carbocycles. The Morgan fingerprint density at radius 2 is 2.04 bits per heavy atom. The summed E-state index contributed by atoms with van der Waals surface area (Å²) < 4.78 is 5.40. The number of rotatable bonds is 6. The predicted octanol–water partition coefficient (Wildman–Crippen LogP) is 1.11. The van der Waals surface area contributed by atoms with Crippen LogP contribution in [-0.2, 0) is 14.3 Å². The summed E-state index contributed by atoms with van der Waals surface area (Å²) in [6.45, 7) is 6.91. The van der Waals surface area contributed by atoms with Crippen molar-refractivity contribution in [3.63, 3.8) is 0 Å². The Morgan fingerprint density at radius 1 is 1.29 bits per heavy atom. The molecule has 2 amide bonds. The molecule has 2 fully saturated rings. The van der Waals surface area contributed by atoms with Gasteiger partial charge in [0.2, 0.25) is 11.8 Å². The van der Waals surface area contributed by atoms with Crippen LogP contribution in [0.5, 0.6) is 0 Å². The van der Waals surface area contributed by atoms with E-state index < -0.39 is 6.04 Å². The molecule has 0 aromatic rings. The topological polar surface area (TPSA) is 61.9 Å². The number of hydrogen-bond donors (Lipinski definition) is 1. The van der Waals surface area contributed by atoms with Gasteiger partial charge < -0.3 is 19.9 Å². The summed E-state index contributed by atoms with van der Waals surface area (Å²) >= 11 is 0. The molecule has 0 unspecified atom stereocenters. The first-order valence-corrected chi connectivity index (χ1v) is 9.21. The summed E-state index contributed by atoms with van der Waals surface area (Å²) in [5, 5.41) is 3.02. The van der Waals surface area contributed by atoms with E-state index in [9.17, 15) is 9.59 Å². The molecule has 0 aliphatic carbocycles. The maximum atomic E-state index is 12.9. The quantitative estimate of drug-likeness (QED) is 0.787. The summed E-state index contributed by atoms with van der Waals surface area (Å²) in [4.78, 5) is 29.5. The largest absolute Gasteiger partial charge is 0.381 e. The van der Waals surface area contributed by atoms with Gasteiger partial charge in [-0.25, -0.2) is 0 Å². The highest BCUT2D eigenvalue weighted by atomic mass is 16.5. The standard InChI is InChI=1S/C18H33N3O3/c1-13(2)10-16(19-17(22)14-6-5-9-24-12-14)18(23)21-8-7-15(11-21)20(3)4/h13-16H,5-12H2,1-4H3,(H,19,22)/t14-,15+,16+/m1/s1. The molecule has 2 heterocycles. The number of hydrogen-bond acceptors (Lipinski definition) is 4. The van der Waals surface area contributed by atoms with Crippen LogP contribution in [0.4, 0.5) is 0 Å². The van der Waals surface area contributed by atoms with Crippen LogP contribution in [0.2, 0.25) is 0 Å². The molecule has 2 rings (SSSR count). The Morgan fingerprint density at radius 3 is 2.58 bits per heavy atom. The fourth-order valence-corrected chi connectivity index (χ4v) is 3.51. The minimum atomic E-state index is -0.416. The molecule has 138 valence electrons. The highest BCUT2D eigenvalue weighted by Gasteiger charge is 2.34. The minimum absolute atomic E-state index is 0.0305. The first-order chi connectivity index (χ1) is 11.4. The van der Waals surface area contributed by atoms with Crippen molar-refractivity contribution in [2.45, 2.75) is 51.6 Å². The molecule has 1 N–H and O–H groups in total. The Balaban J connectivity index is 1.96. The summed E-state index contributed by atoms with van der Waals surface area (Å²) in [6, 6.07) is -0.00330. The first kappa shape index (κ1) is 19.2. The van der Waals surface area contributed by atoms with E-state index in [1.54, 1.807) is 0 Å². The zero-order valence-corrected chi connectivity index (χ0v) is 15.6. The van der Waals surface area contributed by atoms with Crippen molar-refractivity contribution in [3.05, 3.63) is 0 Å². The number of carbonyl (C=O) groups is 2. The van der Waals surface area contributed by atoms with Crippen molar-refractivity contribution in [3.8, 4) is 0 Å². The molecule has 6 heteroatoms. The van der Waals surface area contributed by atoms with Gasteiger partial charge in [0, 0.05) is 25.7 Å². The Hall–Kier alpha value is -1.14. The molecule has 6 nitrogen and oxygen atoms in total. The molecule has 3 atom stereocenters. The van der Waals surface area contributed by atoms with Gasteiger partial charge in [-0.05, 0) is 45.7 Å². The summed E-state index contributed by atoms with van der Waals surface area (Å²) in [7, 11) is 4.10. The second-order valence-corrected chi connectivity index (χ2v) is 7.80. The molecule has 2 saturated heterocycles. The van der Waals surface area contributed by atoms with E-state index >= 15 is 0 Å². The van der Waals surface area contributed by atoms with Crippen LogP contribution in [-0.4, -0.2) is 74.1 Å². The number of ether oxygens (including phenoxy) is 1. The number of carbonyl (C=O) groups excluding carboxylic acids is 2. The minimum Gasteiger partial charge on any atom is -0.381 e. The number of nitrogens with zero attached hydrogens (tertiary/aromatic N) is 2. The third kappa shape index (κ3) is 5.18. The van der Waals surface area contributed by atoms with Gasteiger partial charge in [0.1, 0.15) is 6.04 Å². The molecular formula is C18H33N3O3. The lowest BCUT2D eigenvalue weighted by atomic mass is 9.98. The Kier molecular flexibility index (Phi) is 7.04. The number of likely N-dealkylation sites (N-methyl/N-ethyl adjacent to an activating group) is 1. The normalized spacial score (nSPS) is 26.0. The SMILES string of the molecule is CC(C)C[C@H](NC(=O)[C@@H]1CCCOC1)C(=O)N1CC[C@H](N(C)C)C1. The van der Waals surface area contributed by atoms with Gasteiger partial charge >= 0.3 is 0 Å². The second-order valence-electron chi connectivity index (χ2n) is 7.80. The summed E-state index contributed by atoms with van der Waals surface area (Å²) in [5.41, 5.74) is 0. The van der Waals surface area contributed by atoms with Crippen molar-refractivity contribution in [2.75, 3.05) is 40.4 Å². The third-order valence-electron chi connectivity index (χ3n) is 5.06. The van der Waals surface area contributed by atoms with Crippen LogP contribution in [0.3, 0.4) is 0 Å². The molecule has 0 aromatic heterocycles. The van der Waals surface area contributed by atoms with E-state index in [2.05, 4.69) is 38.2 Å². The van der Waals surface area contributed by atoms with Crippen molar-refractivity contribution in [1.82, 2.24) is 15.1 Å². The molecular weight excluding hydrogens is 306 g/mol. The van der Waals surface area contributed by atoms with Gasteiger partial charge in [0.25, 0.3) is 0 Å². The van der Waals surface area contributed by atoms with Gasteiger partial charge in [-0.3, -0.25) is 9.59 Å². The fourth-order valence-electron chi connectivity index (χ4n) is 3.51. The number of nitrogens with one attached hydrogen (secondary N) is 1. The summed E-state index contributed by atoms with van der Waals surface area (Å²) in [6.07, 6.45) is 3.44. The van der Waals surface area contributed by atoms with Crippen LogP contribution < -0.4 is 5.32 Å². The number of amides is 2. The van der Waals surface area contributed by atoms with E-state index in [1.807, 2.05) is 4.90 Å². The van der Waals surface area contributed by atoms with Crippen LogP contribution in [0.25, 0.3) is 0 Å². The molecule has 2 aliphatic rings. The van der Waals surface area contributed by atoms with Gasteiger partial charge in [0.15, 0.2) is 0 Å². The van der Waals surface area contributed by atoms with E-state index in [0.717, 1.165) is 39.0 Å². The monoisotopic (exact) mass is 339 g/mol. The van der Waals surface area contributed by atoms with Crippen molar-refractivity contribution >= 4 is 11.8 Å². The van der Waals surface area contributed by atoms with Crippen LogP contribution in [0, 0.1) is 11.8 Å². The fraction of sp³-hybridized carbons (Fsp3) is 0.889. The van der Waals surface area contributed by atoms with Crippen LogP contribution >= 0.6 is 0 Å². The lowest BCUT2D eigenvalue weighted by Gasteiger charge is -2.28. The molecule has 2 aliphatic heterocycles. The van der Waals surface area contributed by atoms with Crippen molar-refractivity contribution in [2.24, 2.45) is 11.8 Å². The lowest BCUT2D eigenvalue weighted by Crippen LogP contribution is -2.51. The molecule has 0 saturated carbocycles. The van der Waals surface area contributed by atoms with Gasteiger partial charge in [0.05, 0.1) is 12.5 Å². The maximum absolute atomic E-state index is 12.9. The molecule has 0 spiro atoms. The highest BCUT2D eigenvalue weighted by molar-refractivity contribution is 5.88. The lowest BCUT2D eigenvalue weighted by molar-refractivity contribution is -0.138. The van der Waals surface area contributed by atoms with E-state index in [-0.39, 0.29) is 17.7 Å². The number of likely N-dealkylation sites (tertiary alicyclic amines) is 1. The second kappa shape index (κ2) is 8.81. The van der Waals surface area contributed by atoms with Gasteiger partial charge in [-0.2, -0.15) is 0 Å². The molecule has 24 heavy (non-hydrogen) atoms. The molecule has 0 radical (unpaired) electrons. The van der Waals surface area contributed by atoms with Crippen LogP contribution in [0.15, 0.2) is 0 Å². The zero-order valence-electron chi connectivity index (χ0n) is 15.6. The summed E-state index contributed by atoms with van der Waals surface area (Å²) in [5.74, 6) is 0.276. The average Bonchev–Trinajstić information content (AvgIpc) is 3.04. The average molecular weight is 339 g/mol.